The molecule has 1 saturated heterocycles. The van der Waals surface area contributed by atoms with Crippen LogP contribution in [0.4, 0.5) is 0 Å². The quantitative estimate of drug-likeness (QED) is 0.455. The van der Waals surface area contributed by atoms with Gasteiger partial charge in [-0.15, -0.1) is 0 Å². The summed E-state index contributed by atoms with van der Waals surface area (Å²) >= 11 is 0. The third kappa shape index (κ3) is 3.92. The fourth-order valence-electron chi connectivity index (χ4n) is 5.79. The molecule has 2 aromatic carbocycles. The highest BCUT2D eigenvalue weighted by Crippen LogP contribution is 2.55. The van der Waals surface area contributed by atoms with Gasteiger partial charge in [0.05, 0.1) is 39.9 Å². The number of nitrogens with zero attached hydrogens (tertiary/aromatic N) is 1. The van der Waals surface area contributed by atoms with Gasteiger partial charge in [-0.2, -0.15) is 0 Å². The number of pyridine rings is 1. The smallest absolute Gasteiger partial charge is 0.310 e. The van der Waals surface area contributed by atoms with E-state index < -0.39 is 35.7 Å². The summed E-state index contributed by atoms with van der Waals surface area (Å²) in [6.07, 6.45) is 1.54. The van der Waals surface area contributed by atoms with Gasteiger partial charge in [0.1, 0.15) is 5.56 Å². The maximum Gasteiger partial charge on any atom is 0.310 e. The van der Waals surface area contributed by atoms with Gasteiger partial charge in [-0.05, 0) is 53.1 Å². The van der Waals surface area contributed by atoms with Crippen molar-refractivity contribution >= 4 is 11.9 Å². The largest absolute Gasteiger partial charge is 0.502 e. The summed E-state index contributed by atoms with van der Waals surface area (Å²) < 4.78 is 33.0. The minimum absolute atomic E-state index is 0.0581. The molecule has 1 aromatic heterocycles. The number of aromatic hydroxyl groups is 1. The fraction of sp³-hybridized carbons (Fsp3) is 0.321. The first-order valence-corrected chi connectivity index (χ1v) is 12.3. The van der Waals surface area contributed by atoms with Crippen molar-refractivity contribution in [3.8, 4) is 34.6 Å². The average Bonchev–Trinajstić information content (AvgIpc) is 3.58. The lowest BCUT2D eigenvalue weighted by Gasteiger charge is -2.39. The number of hydrogen-bond acceptors (Lipinski definition) is 10. The molecular weight excluding hydrogens is 508 g/mol. The molecule has 0 saturated carbocycles. The predicted molar refractivity (Wildman–Crippen MR) is 135 cm³/mol. The maximum atomic E-state index is 13.5. The minimum Gasteiger partial charge on any atom is -0.502 e. The number of amides is 1. The molecule has 1 amide bonds. The van der Waals surface area contributed by atoms with Crippen molar-refractivity contribution in [2.45, 2.75) is 12.0 Å². The molecule has 11 heteroatoms. The average molecular weight is 535 g/mol. The van der Waals surface area contributed by atoms with Crippen molar-refractivity contribution in [2.24, 2.45) is 11.8 Å². The van der Waals surface area contributed by atoms with Gasteiger partial charge < -0.3 is 38.8 Å². The number of benzene rings is 2. The van der Waals surface area contributed by atoms with E-state index in [2.05, 4.69) is 10.3 Å². The monoisotopic (exact) mass is 534 g/mol. The Balaban J connectivity index is 1.52. The number of methoxy groups -OCH3 is 3. The van der Waals surface area contributed by atoms with Crippen molar-refractivity contribution < 1.29 is 43.1 Å². The van der Waals surface area contributed by atoms with E-state index in [0.717, 1.165) is 11.1 Å². The number of nitrogens with one attached hydrogen (secondary N) is 1. The summed E-state index contributed by atoms with van der Waals surface area (Å²) in [7, 11) is 4.33. The van der Waals surface area contributed by atoms with E-state index in [1.54, 1.807) is 24.3 Å². The van der Waals surface area contributed by atoms with E-state index >= 15 is 0 Å². The van der Waals surface area contributed by atoms with Gasteiger partial charge >= 0.3 is 5.97 Å². The van der Waals surface area contributed by atoms with E-state index in [4.69, 9.17) is 28.4 Å². The third-order valence-electron chi connectivity index (χ3n) is 7.54. The second-order valence-electron chi connectivity index (χ2n) is 9.42. The molecule has 3 heterocycles. The zero-order valence-corrected chi connectivity index (χ0v) is 21.4. The molecule has 202 valence electrons. The lowest BCUT2D eigenvalue weighted by Crippen LogP contribution is -2.43. The maximum absolute atomic E-state index is 13.5. The number of fused-ring (bicyclic) bond motifs is 3. The number of cyclic esters (lactones) is 1. The van der Waals surface area contributed by atoms with Crippen molar-refractivity contribution in [3.05, 3.63) is 64.8 Å². The van der Waals surface area contributed by atoms with Crippen molar-refractivity contribution in [3.63, 3.8) is 0 Å². The van der Waals surface area contributed by atoms with Gasteiger partial charge in [0.15, 0.2) is 23.0 Å². The Labute approximate surface area is 223 Å². The van der Waals surface area contributed by atoms with Crippen LogP contribution < -0.4 is 29.0 Å². The fourth-order valence-corrected chi connectivity index (χ4v) is 5.79. The van der Waals surface area contributed by atoms with Crippen LogP contribution in [0.25, 0.3) is 0 Å². The highest BCUT2D eigenvalue weighted by atomic mass is 16.7. The minimum atomic E-state index is -0.655. The third-order valence-corrected chi connectivity index (χ3v) is 7.54. The number of phenolic OH excluding ortho intramolecular Hbond substituents is 1. The molecule has 1 fully saturated rings. The molecular formula is C28H26N2O9. The van der Waals surface area contributed by atoms with Crippen LogP contribution >= 0.6 is 0 Å². The van der Waals surface area contributed by atoms with E-state index in [-0.39, 0.29) is 42.1 Å². The number of carbonyl (C=O) groups excluding carboxylic acids is 2. The van der Waals surface area contributed by atoms with E-state index in [1.807, 2.05) is 12.1 Å². The molecule has 0 spiro atoms. The van der Waals surface area contributed by atoms with Crippen LogP contribution in [0.3, 0.4) is 0 Å². The summed E-state index contributed by atoms with van der Waals surface area (Å²) in [5, 5.41) is 13.6. The Morgan fingerprint density at radius 3 is 2.36 bits per heavy atom. The highest BCUT2D eigenvalue weighted by molar-refractivity contribution is 5.96. The first-order chi connectivity index (χ1) is 18.9. The van der Waals surface area contributed by atoms with E-state index in [1.165, 1.54) is 27.5 Å². The van der Waals surface area contributed by atoms with Crippen molar-refractivity contribution in [1.29, 1.82) is 0 Å². The van der Waals surface area contributed by atoms with Gasteiger partial charge in [0.2, 0.25) is 18.4 Å². The molecule has 2 N–H and O–H groups in total. The Morgan fingerprint density at radius 2 is 1.69 bits per heavy atom. The van der Waals surface area contributed by atoms with Gasteiger partial charge in [0, 0.05) is 18.0 Å². The molecule has 0 radical (unpaired) electrons. The standard InChI is InChI=1S/C28H26N2O9/c1-34-20-7-13(8-21(35-2)25(20)31)22-15-9-18-19(39-12-38-18)10-16(15)24(17-11-37-28(33)23(17)22)30-26(32)14-5-4-6-29-27(14)36-3/h4-10,17,22-24,31H,11-12H2,1-3H3,(H,30,32)/t17-,22+,23-,24?/m0/s1. The first-order valence-electron chi connectivity index (χ1n) is 12.3. The summed E-state index contributed by atoms with van der Waals surface area (Å²) in [4.78, 5) is 30.9. The van der Waals surface area contributed by atoms with Crippen LogP contribution in [0, 0.1) is 11.8 Å². The molecule has 1 aliphatic carbocycles. The normalized spacial score (nSPS) is 22.4. The van der Waals surface area contributed by atoms with Crippen LogP contribution in [0.15, 0.2) is 42.6 Å². The SMILES string of the molecule is COc1cc([C@@H]2c3cc4c(cc3C(NC(=O)c3cccnc3OC)[C@H]3COC(=O)[C@H]23)OCO4)cc(OC)c1O. The zero-order valence-electron chi connectivity index (χ0n) is 21.4. The number of esters is 1. The molecule has 2 aliphatic heterocycles. The van der Waals surface area contributed by atoms with Crippen LogP contribution in [0.5, 0.6) is 34.6 Å². The number of ether oxygens (including phenoxy) is 6. The van der Waals surface area contributed by atoms with E-state index in [9.17, 15) is 14.7 Å². The number of carbonyl (C=O) groups is 2. The molecule has 4 atom stereocenters. The first kappa shape index (κ1) is 24.7. The molecule has 0 bridgehead atoms. The second kappa shape index (κ2) is 9.57. The number of hydrogen-bond donors (Lipinski definition) is 2. The second-order valence-corrected chi connectivity index (χ2v) is 9.42. The summed E-state index contributed by atoms with van der Waals surface area (Å²) in [6, 6.07) is 9.70. The summed E-state index contributed by atoms with van der Waals surface area (Å²) in [5.74, 6) is -0.863. The van der Waals surface area contributed by atoms with Crippen LogP contribution in [-0.4, -0.2) is 56.7 Å². The Morgan fingerprint density at radius 1 is 1.00 bits per heavy atom. The van der Waals surface area contributed by atoms with Crippen LogP contribution in [0.2, 0.25) is 0 Å². The molecule has 1 unspecified atom stereocenters. The molecule has 39 heavy (non-hydrogen) atoms. The topological polar surface area (TPSA) is 135 Å². The van der Waals surface area contributed by atoms with Gasteiger partial charge in [0.25, 0.3) is 5.91 Å². The van der Waals surface area contributed by atoms with Gasteiger partial charge in [-0.1, -0.05) is 0 Å². The number of rotatable bonds is 6. The van der Waals surface area contributed by atoms with E-state index in [0.29, 0.717) is 17.1 Å². The lowest BCUT2D eigenvalue weighted by molar-refractivity contribution is -0.141. The summed E-state index contributed by atoms with van der Waals surface area (Å²) in [6.45, 7) is 0.165. The van der Waals surface area contributed by atoms with Crippen LogP contribution in [0.1, 0.15) is 39.0 Å². The predicted octanol–water partition coefficient (Wildman–Crippen LogP) is 2.95. The Hall–Kier alpha value is -4.67. The molecule has 3 aliphatic rings. The van der Waals surface area contributed by atoms with Crippen LogP contribution in [-0.2, 0) is 9.53 Å². The Kier molecular flexibility index (Phi) is 6.05. The van der Waals surface area contributed by atoms with Crippen molar-refractivity contribution in [2.75, 3.05) is 34.7 Å². The number of phenols is 1. The summed E-state index contributed by atoms with van der Waals surface area (Å²) in [5.41, 5.74) is 2.44. The lowest BCUT2D eigenvalue weighted by atomic mass is 9.65. The Bertz CT molecular complexity index is 1450. The van der Waals surface area contributed by atoms with Crippen molar-refractivity contribution in [1.82, 2.24) is 10.3 Å². The van der Waals surface area contributed by atoms with Gasteiger partial charge in [-0.3, -0.25) is 9.59 Å². The number of aromatic nitrogens is 1. The molecule has 6 rings (SSSR count). The molecule has 11 nitrogen and oxygen atoms in total. The highest BCUT2D eigenvalue weighted by Gasteiger charge is 2.53. The zero-order chi connectivity index (χ0) is 27.3. The molecule has 3 aromatic rings. The van der Waals surface area contributed by atoms with Gasteiger partial charge in [-0.25, -0.2) is 4.98 Å².